The molecule has 1 heterocycles. The fourth-order valence-electron chi connectivity index (χ4n) is 1.24. The first-order valence-electron chi connectivity index (χ1n) is 3.71. The maximum absolute atomic E-state index is 9.73. The number of benzene rings is 1. The van der Waals surface area contributed by atoms with Crippen LogP contribution in [0.15, 0.2) is 22.4 Å². The van der Waals surface area contributed by atoms with Gasteiger partial charge in [0.15, 0.2) is 0 Å². The van der Waals surface area contributed by atoms with E-state index in [4.69, 9.17) is 11.6 Å². The lowest BCUT2D eigenvalue weighted by atomic mass is 10.2. The van der Waals surface area contributed by atoms with Crippen molar-refractivity contribution in [2.45, 2.75) is 10.8 Å². The van der Waals surface area contributed by atoms with Gasteiger partial charge >= 0.3 is 0 Å². The van der Waals surface area contributed by atoms with E-state index in [1.54, 1.807) is 11.3 Å². The highest BCUT2D eigenvalue weighted by atomic mass is 35.5. The summed E-state index contributed by atoms with van der Waals surface area (Å²) in [7, 11) is 0. The van der Waals surface area contributed by atoms with Gasteiger partial charge in [-0.05, 0) is 23.1 Å². The first-order chi connectivity index (χ1) is 6.24. The van der Waals surface area contributed by atoms with Crippen molar-refractivity contribution in [3.63, 3.8) is 0 Å². The molecule has 0 unspecified atom stereocenters. The second kappa shape index (κ2) is 3.40. The van der Waals surface area contributed by atoms with Crippen LogP contribution >= 0.6 is 35.6 Å². The molecule has 1 aromatic carbocycles. The lowest BCUT2D eigenvalue weighted by Gasteiger charge is -2.04. The molecule has 1 N–H and O–H groups in total. The van der Waals surface area contributed by atoms with E-state index in [1.165, 1.54) is 0 Å². The van der Waals surface area contributed by atoms with Crippen LogP contribution in [0.1, 0.15) is 5.56 Å². The molecule has 0 saturated heterocycles. The lowest BCUT2D eigenvalue weighted by Crippen LogP contribution is -1.81. The Morgan fingerprint density at radius 2 is 2.31 bits per heavy atom. The van der Waals surface area contributed by atoms with Crippen molar-refractivity contribution in [2.75, 3.05) is 0 Å². The standard InChI is InChI=1S/C9H7ClOS2/c10-4-5-3-7-6(1-2-13-7)8(11)9(5)12/h1-3,11-12H,4H2. The van der Waals surface area contributed by atoms with Crippen LogP contribution in [-0.4, -0.2) is 5.11 Å². The van der Waals surface area contributed by atoms with E-state index in [0.717, 1.165) is 15.6 Å². The molecule has 13 heavy (non-hydrogen) atoms. The number of phenols is 1. The largest absolute Gasteiger partial charge is 0.506 e. The zero-order valence-electron chi connectivity index (χ0n) is 6.62. The molecule has 0 spiro atoms. The number of aromatic hydroxyl groups is 1. The highest BCUT2D eigenvalue weighted by Crippen LogP contribution is 2.37. The quantitative estimate of drug-likeness (QED) is 0.566. The Kier molecular flexibility index (Phi) is 2.41. The summed E-state index contributed by atoms with van der Waals surface area (Å²) in [5.41, 5.74) is 0.873. The number of hydrogen-bond donors (Lipinski definition) is 2. The van der Waals surface area contributed by atoms with Gasteiger partial charge in [0.1, 0.15) is 5.75 Å². The molecule has 68 valence electrons. The zero-order chi connectivity index (χ0) is 9.42. The van der Waals surface area contributed by atoms with Gasteiger partial charge in [-0.15, -0.1) is 35.6 Å². The van der Waals surface area contributed by atoms with E-state index < -0.39 is 0 Å². The van der Waals surface area contributed by atoms with Crippen molar-refractivity contribution in [3.05, 3.63) is 23.1 Å². The summed E-state index contributed by atoms with van der Waals surface area (Å²) < 4.78 is 1.05. The summed E-state index contributed by atoms with van der Waals surface area (Å²) in [5, 5.41) is 12.5. The van der Waals surface area contributed by atoms with Crippen molar-refractivity contribution < 1.29 is 5.11 Å². The van der Waals surface area contributed by atoms with E-state index in [1.807, 2.05) is 17.5 Å². The molecular formula is C9H7ClOS2. The third-order valence-electron chi connectivity index (χ3n) is 1.93. The molecule has 0 fully saturated rings. The number of rotatable bonds is 1. The van der Waals surface area contributed by atoms with Crippen molar-refractivity contribution in [1.82, 2.24) is 0 Å². The second-order valence-corrected chi connectivity index (χ2v) is 4.36. The van der Waals surface area contributed by atoms with Gasteiger partial charge in [-0.2, -0.15) is 0 Å². The molecule has 2 rings (SSSR count). The third-order valence-corrected chi connectivity index (χ3v) is 3.58. The molecule has 0 atom stereocenters. The molecule has 0 amide bonds. The molecule has 0 saturated carbocycles. The first-order valence-corrected chi connectivity index (χ1v) is 5.57. The Morgan fingerprint density at radius 1 is 1.54 bits per heavy atom. The topological polar surface area (TPSA) is 20.2 Å². The highest BCUT2D eigenvalue weighted by Gasteiger charge is 2.09. The van der Waals surface area contributed by atoms with Crippen LogP contribution in [0.4, 0.5) is 0 Å². The molecule has 4 heteroatoms. The Balaban J connectivity index is 2.83. The molecule has 0 bridgehead atoms. The van der Waals surface area contributed by atoms with Crippen molar-refractivity contribution >= 4 is 45.7 Å². The summed E-state index contributed by atoms with van der Waals surface area (Å²) in [6.07, 6.45) is 0. The van der Waals surface area contributed by atoms with Gasteiger partial charge in [0.05, 0.1) is 4.90 Å². The normalized spacial score (nSPS) is 10.9. The fraction of sp³-hybridized carbons (Fsp3) is 0.111. The van der Waals surface area contributed by atoms with Crippen molar-refractivity contribution in [2.24, 2.45) is 0 Å². The number of hydrogen-bond acceptors (Lipinski definition) is 3. The van der Waals surface area contributed by atoms with Crippen LogP contribution in [0.3, 0.4) is 0 Å². The van der Waals surface area contributed by atoms with Crippen LogP contribution in [0.25, 0.3) is 10.1 Å². The van der Waals surface area contributed by atoms with Gasteiger partial charge in [-0.25, -0.2) is 0 Å². The molecule has 2 aromatic rings. The van der Waals surface area contributed by atoms with E-state index >= 15 is 0 Å². The average Bonchev–Trinajstić information content (AvgIpc) is 2.59. The van der Waals surface area contributed by atoms with Gasteiger partial charge < -0.3 is 5.11 Å². The molecule has 1 aromatic heterocycles. The highest BCUT2D eigenvalue weighted by molar-refractivity contribution is 7.80. The Bertz CT molecular complexity index is 450. The molecule has 0 aliphatic rings. The maximum atomic E-state index is 9.73. The number of thiol groups is 1. The predicted octanol–water partition coefficient (Wildman–Crippen LogP) is 3.63. The van der Waals surface area contributed by atoms with Gasteiger partial charge in [-0.3, -0.25) is 0 Å². The van der Waals surface area contributed by atoms with Crippen LogP contribution in [0.2, 0.25) is 0 Å². The Hall–Kier alpha value is -0.380. The smallest absolute Gasteiger partial charge is 0.137 e. The Labute approximate surface area is 90.4 Å². The summed E-state index contributed by atoms with van der Waals surface area (Å²) in [6, 6.07) is 3.85. The van der Waals surface area contributed by atoms with Gasteiger partial charge in [-0.1, -0.05) is 0 Å². The third kappa shape index (κ3) is 1.41. The lowest BCUT2D eigenvalue weighted by molar-refractivity contribution is 0.468. The Morgan fingerprint density at radius 3 is 3.00 bits per heavy atom. The van der Waals surface area contributed by atoms with E-state index in [-0.39, 0.29) is 5.75 Å². The summed E-state index contributed by atoms with van der Waals surface area (Å²) in [4.78, 5) is 0.584. The predicted molar refractivity (Wildman–Crippen MR) is 60.3 cm³/mol. The molecule has 0 aliphatic heterocycles. The first kappa shape index (κ1) is 9.19. The van der Waals surface area contributed by atoms with Crippen LogP contribution < -0.4 is 0 Å². The summed E-state index contributed by atoms with van der Waals surface area (Å²) >= 11 is 11.5. The average molecular weight is 231 g/mol. The van der Waals surface area contributed by atoms with Gasteiger partial charge in [0, 0.05) is 16.0 Å². The molecule has 0 radical (unpaired) electrons. The number of halogens is 1. The number of phenolic OH excluding ortho intramolecular Hbond substituents is 1. The van der Waals surface area contributed by atoms with Crippen LogP contribution in [0.5, 0.6) is 5.75 Å². The monoisotopic (exact) mass is 230 g/mol. The number of alkyl halides is 1. The van der Waals surface area contributed by atoms with E-state index in [2.05, 4.69) is 12.6 Å². The molecule has 1 nitrogen and oxygen atoms in total. The summed E-state index contributed by atoms with van der Waals surface area (Å²) in [5.74, 6) is 0.609. The number of fused-ring (bicyclic) bond motifs is 1. The molecule has 0 aliphatic carbocycles. The maximum Gasteiger partial charge on any atom is 0.137 e. The van der Waals surface area contributed by atoms with E-state index in [9.17, 15) is 5.11 Å². The van der Waals surface area contributed by atoms with Crippen molar-refractivity contribution in [1.29, 1.82) is 0 Å². The molecular weight excluding hydrogens is 224 g/mol. The summed E-state index contributed by atoms with van der Waals surface area (Å²) in [6.45, 7) is 0. The van der Waals surface area contributed by atoms with Gasteiger partial charge in [0.2, 0.25) is 0 Å². The van der Waals surface area contributed by atoms with Crippen LogP contribution in [-0.2, 0) is 5.88 Å². The second-order valence-electron chi connectivity index (χ2n) is 2.70. The number of thiophene rings is 1. The fourth-order valence-corrected chi connectivity index (χ4v) is 2.66. The van der Waals surface area contributed by atoms with Crippen molar-refractivity contribution in [3.8, 4) is 5.75 Å². The van der Waals surface area contributed by atoms with Crippen LogP contribution in [0, 0.1) is 0 Å². The minimum Gasteiger partial charge on any atom is -0.506 e. The SMILES string of the molecule is Oc1c(S)c(CCl)cc2sccc12. The zero-order valence-corrected chi connectivity index (χ0v) is 9.09. The minimum absolute atomic E-state index is 0.234. The minimum atomic E-state index is 0.234. The van der Waals surface area contributed by atoms with Gasteiger partial charge in [0.25, 0.3) is 0 Å². The van der Waals surface area contributed by atoms with E-state index in [0.29, 0.717) is 10.8 Å².